The number of hydrogen-bond donors (Lipinski definition) is 1. The molecule has 1 N–H and O–H groups in total. The molecule has 3 heterocycles. The molecule has 30 heavy (non-hydrogen) atoms. The summed E-state index contributed by atoms with van der Waals surface area (Å²) in [5.41, 5.74) is 0.521. The number of carbonyl (C=O) groups excluding carboxylic acids is 1. The number of amides is 1. The Morgan fingerprint density at radius 3 is 2.50 bits per heavy atom. The molecule has 0 aromatic heterocycles. The van der Waals surface area contributed by atoms with Crippen molar-refractivity contribution in [2.75, 3.05) is 31.9 Å². The van der Waals surface area contributed by atoms with E-state index in [4.69, 9.17) is 18.9 Å². The first kappa shape index (κ1) is 19.0. The first-order valence-corrected chi connectivity index (χ1v) is 11.1. The molecule has 0 radical (unpaired) electrons. The molecule has 0 bridgehead atoms. The van der Waals surface area contributed by atoms with Crippen LogP contribution in [0.1, 0.15) is 12.8 Å². The number of nitrogens with one attached hydrogen (secondary N) is 1. The van der Waals surface area contributed by atoms with Gasteiger partial charge in [-0.1, -0.05) is 0 Å². The van der Waals surface area contributed by atoms with Crippen LogP contribution in [0, 0.1) is 0 Å². The van der Waals surface area contributed by atoms with Gasteiger partial charge in [0, 0.05) is 24.4 Å². The van der Waals surface area contributed by atoms with Gasteiger partial charge in [0.1, 0.15) is 19.3 Å². The third-order valence-electron chi connectivity index (χ3n) is 5.27. The second kappa shape index (κ2) is 7.37. The molecule has 0 aliphatic carbocycles. The lowest BCUT2D eigenvalue weighted by molar-refractivity contribution is -0.119. The predicted octanol–water partition coefficient (Wildman–Crippen LogP) is 1.98. The minimum absolute atomic E-state index is 0.0783. The second-order valence-corrected chi connectivity index (χ2v) is 9.03. The molecule has 158 valence electrons. The lowest BCUT2D eigenvalue weighted by atomic mass is 10.2. The molecule has 9 nitrogen and oxygen atoms in total. The number of ether oxygens (including phenoxy) is 4. The van der Waals surface area contributed by atoms with E-state index in [9.17, 15) is 13.2 Å². The largest absolute Gasteiger partial charge is 0.486 e. The van der Waals surface area contributed by atoms with Gasteiger partial charge in [-0.2, -0.15) is 4.31 Å². The predicted molar refractivity (Wildman–Crippen MR) is 106 cm³/mol. The van der Waals surface area contributed by atoms with Gasteiger partial charge in [-0.25, -0.2) is 8.42 Å². The monoisotopic (exact) mass is 432 g/mol. The third kappa shape index (κ3) is 3.31. The Labute approximate surface area is 173 Å². The molecule has 2 aromatic rings. The van der Waals surface area contributed by atoms with Gasteiger partial charge < -0.3 is 24.3 Å². The number of nitrogens with zero attached hydrogens (tertiary/aromatic N) is 1. The summed E-state index contributed by atoms with van der Waals surface area (Å²) >= 11 is 0. The van der Waals surface area contributed by atoms with Crippen molar-refractivity contribution in [1.29, 1.82) is 0 Å². The van der Waals surface area contributed by atoms with Gasteiger partial charge in [-0.3, -0.25) is 4.79 Å². The zero-order valence-corrected chi connectivity index (χ0v) is 16.8. The van der Waals surface area contributed by atoms with Crippen molar-refractivity contribution in [3.8, 4) is 23.0 Å². The molecule has 0 spiro atoms. The fraction of sp³-hybridized carbons (Fsp3) is 0.350. The Morgan fingerprint density at radius 2 is 1.63 bits per heavy atom. The maximum Gasteiger partial charge on any atom is 0.243 e. The molecule has 10 heteroatoms. The molecule has 1 fully saturated rings. The standard InChI is InChI=1S/C20H20N2O7S/c23-20(21-13-3-5-17-18(10-13)29-12-28-17)15-2-1-7-22(15)30(24,25)14-4-6-16-19(11-14)27-9-8-26-16/h3-6,10-11,15H,1-2,7-9,12H2,(H,21,23)/t15-/m1/s1. The Bertz CT molecular complexity index is 1100. The van der Waals surface area contributed by atoms with E-state index in [0.29, 0.717) is 54.7 Å². The van der Waals surface area contributed by atoms with Crippen LogP contribution < -0.4 is 24.3 Å². The topological polar surface area (TPSA) is 103 Å². The number of hydrogen-bond acceptors (Lipinski definition) is 7. The van der Waals surface area contributed by atoms with E-state index in [1.54, 1.807) is 24.3 Å². The quantitative estimate of drug-likeness (QED) is 0.788. The molecule has 3 aliphatic rings. The van der Waals surface area contributed by atoms with Crippen LogP contribution in [0.2, 0.25) is 0 Å². The van der Waals surface area contributed by atoms with E-state index in [1.807, 2.05) is 0 Å². The summed E-state index contributed by atoms with van der Waals surface area (Å²) in [5, 5.41) is 2.79. The number of anilines is 1. The van der Waals surface area contributed by atoms with Crippen LogP contribution in [-0.4, -0.2) is 51.2 Å². The Balaban J connectivity index is 1.37. The van der Waals surface area contributed by atoms with E-state index in [1.165, 1.54) is 16.4 Å². The third-order valence-corrected chi connectivity index (χ3v) is 7.17. The fourth-order valence-corrected chi connectivity index (χ4v) is 5.48. The first-order valence-electron chi connectivity index (χ1n) is 9.64. The van der Waals surface area contributed by atoms with Crippen molar-refractivity contribution in [2.24, 2.45) is 0 Å². The lowest BCUT2D eigenvalue weighted by Gasteiger charge is -2.24. The molecular formula is C20H20N2O7S. The van der Waals surface area contributed by atoms with Gasteiger partial charge in [0.25, 0.3) is 0 Å². The molecule has 1 amide bonds. The van der Waals surface area contributed by atoms with Gasteiger partial charge in [-0.05, 0) is 37.1 Å². The zero-order chi connectivity index (χ0) is 20.7. The Hall–Kier alpha value is -2.98. The second-order valence-electron chi connectivity index (χ2n) is 7.14. The molecule has 0 unspecified atom stereocenters. The number of rotatable bonds is 4. The van der Waals surface area contributed by atoms with Crippen LogP contribution in [0.5, 0.6) is 23.0 Å². The SMILES string of the molecule is O=C(Nc1ccc2c(c1)OCO2)[C@H]1CCCN1S(=O)(=O)c1ccc2c(c1)OCCO2. The van der Waals surface area contributed by atoms with Crippen LogP contribution >= 0.6 is 0 Å². The summed E-state index contributed by atoms with van der Waals surface area (Å²) in [7, 11) is -3.88. The van der Waals surface area contributed by atoms with Gasteiger partial charge in [0.05, 0.1) is 4.90 Å². The minimum Gasteiger partial charge on any atom is -0.486 e. The highest BCUT2D eigenvalue weighted by Crippen LogP contribution is 2.36. The number of sulfonamides is 1. The summed E-state index contributed by atoms with van der Waals surface area (Å²) in [6.45, 7) is 1.20. The van der Waals surface area contributed by atoms with E-state index in [2.05, 4.69) is 5.32 Å². The summed E-state index contributed by atoms with van der Waals surface area (Å²) in [6.07, 6.45) is 1.04. The van der Waals surface area contributed by atoms with Crippen molar-refractivity contribution in [1.82, 2.24) is 4.31 Å². The highest BCUT2D eigenvalue weighted by molar-refractivity contribution is 7.89. The van der Waals surface area contributed by atoms with Crippen LogP contribution in [-0.2, 0) is 14.8 Å². The highest BCUT2D eigenvalue weighted by atomic mass is 32.2. The smallest absolute Gasteiger partial charge is 0.243 e. The van der Waals surface area contributed by atoms with Crippen molar-refractivity contribution < 1.29 is 32.2 Å². The molecular weight excluding hydrogens is 412 g/mol. The normalized spacial score (nSPS) is 20.2. The number of benzene rings is 2. The molecule has 2 aromatic carbocycles. The van der Waals surface area contributed by atoms with Gasteiger partial charge >= 0.3 is 0 Å². The molecule has 3 aliphatic heterocycles. The van der Waals surface area contributed by atoms with Crippen molar-refractivity contribution in [2.45, 2.75) is 23.8 Å². The summed E-state index contributed by atoms with van der Waals surface area (Å²) in [4.78, 5) is 13.0. The van der Waals surface area contributed by atoms with Crippen molar-refractivity contribution in [3.05, 3.63) is 36.4 Å². The average molecular weight is 432 g/mol. The maximum absolute atomic E-state index is 13.3. The summed E-state index contributed by atoms with van der Waals surface area (Å²) in [5.74, 6) is 1.67. The Morgan fingerprint density at radius 1 is 0.933 bits per heavy atom. The number of fused-ring (bicyclic) bond motifs is 2. The van der Waals surface area contributed by atoms with Crippen LogP contribution in [0.25, 0.3) is 0 Å². The zero-order valence-electron chi connectivity index (χ0n) is 16.0. The van der Waals surface area contributed by atoms with Crippen LogP contribution in [0.3, 0.4) is 0 Å². The lowest BCUT2D eigenvalue weighted by Crippen LogP contribution is -2.43. The van der Waals surface area contributed by atoms with Gasteiger partial charge in [-0.15, -0.1) is 0 Å². The van der Waals surface area contributed by atoms with Gasteiger partial charge in [0.2, 0.25) is 22.7 Å². The summed E-state index contributed by atoms with van der Waals surface area (Å²) in [6, 6.07) is 8.78. The van der Waals surface area contributed by atoms with E-state index < -0.39 is 16.1 Å². The van der Waals surface area contributed by atoms with Crippen molar-refractivity contribution in [3.63, 3.8) is 0 Å². The van der Waals surface area contributed by atoms with E-state index in [-0.39, 0.29) is 24.1 Å². The Kier molecular flexibility index (Phi) is 4.67. The van der Waals surface area contributed by atoms with Crippen LogP contribution in [0.4, 0.5) is 5.69 Å². The van der Waals surface area contributed by atoms with Gasteiger partial charge in [0.15, 0.2) is 23.0 Å². The van der Waals surface area contributed by atoms with E-state index >= 15 is 0 Å². The average Bonchev–Trinajstić information content (AvgIpc) is 3.43. The minimum atomic E-state index is -3.88. The fourth-order valence-electron chi connectivity index (χ4n) is 3.81. The molecule has 0 saturated carbocycles. The van der Waals surface area contributed by atoms with Crippen molar-refractivity contribution >= 4 is 21.6 Å². The first-order chi connectivity index (χ1) is 14.5. The number of carbonyl (C=O) groups is 1. The molecule has 1 saturated heterocycles. The summed E-state index contributed by atoms with van der Waals surface area (Å²) < 4.78 is 49.3. The highest BCUT2D eigenvalue weighted by Gasteiger charge is 2.40. The van der Waals surface area contributed by atoms with E-state index in [0.717, 1.165) is 0 Å². The maximum atomic E-state index is 13.3. The molecule has 1 atom stereocenters. The molecule has 5 rings (SSSR count). The van der Waals surface area contributed by atoms with Crippen LogP contribution in [0.15, 0.2) is 41.3 Å².